The minimum Gasteiger partial charge on any atom is -0.135 e. The van der Waals surface area contributed by atoms with Crippen molar-refractivity contribution in [3.8, 4) is 44.5 Å². The van der Waals surface area contributed by atoms with Crippen LogP contribution in [0.4, 0.5) is 0 Å². The second-order valence-corrected chi connectivity index (χ2v) is 15.4. The summed E-state index contributed by atoms with van der Waals surface area (Å²) < 4.78 is 2.69. The molecule has 0 nitrogen and oxygen atoms in total. The zero-order valence-corrected chi connectivity index (χ0v) is 29.0. The molecule has 0 saturated carbocycles. The first kappa shape index (κ1) is 28.4. The third-order valence-electron chi connectivity index (χ3n) is 11.9. The zero-order chi connectivity index (χ0) is 34.0. The van der Waals surface area contributed by atoms with E-state index in [1.807, 2.05) is 11.3 Å². The molecule has 0 saturated heterocycles. The lowest BCUT2D eigenvalue weighted by molar-refractivity contribution is 0.795. The van der Waals surface area contributed by atoms with Crippen LogP contribution in [0.2, 0.25) is 0 Å². The maximum Gasteiger partial charge on any atom is 0.0725 e. The fourth-order valence-corrected chi connectivity index (χ4v) is 11.0. The molecule has 1 aromatic heterocycles. The van der Waals surface area contributed by atoms with Gasteiger partial charge in [0, 0.05) is 20.2 Å². The predicted molar refractivity (Wildman–Crippen MR) is 222 cm³/mol. The van der Waals surface area contributed by atoms with Crippen molar-refractivity contribution in [2.75, 3.05) is 0 Å². The van der Waals surface area contributed by atoms with Gasteiger partial charge in [-0.05, 0) is 113 Å². The fraction of sp³-hybridized carbons (Fsp3) is 0.0196. The predicted octanol–water partition coefficient (Wildman–Crippen LogP) is 14.0. The van der Waals surface area contributed by atoms with E-state index in [9.17, 15) is 0 Å². The van der Waals surface area contributed by atoms with E-state index in [4.69, 9.17) is 0 Å². The van der Waals surface area contributed by atoms with Crippen LogP contribution in [0.15, 0.2) is 182 Å². The summed E-state index contributed by atoms with van der Waals surface area (Å²) in [7, 11) is 0. The normalized spacial score (nSPS) is 15.4. The zero-order valence-electron chi connectivity index (χ0n) is 28.2. The highest BCUT2D eigenvalue weighted by atomic mass is 32.1. The molecule has 0 radical (unpaired) electrons. The summed E-state index contributed by atoms with van der Waals surface area (Å²) in [5, 5.41) is 7.81. The molecule has 0 amide bonds. The van der Waals surface area contributed by atoms with E-state index in [1.54, 1.807) is 0 Å². The lowest BCUT2D eigenvalue weighted by Gasteiger charge is -2.31. The van der Waals surface area contributed by atoms with Crippen molar-refractivity contribution in [1.82, 2.24) is 0 Å². The molecule has 0 bridgehead atoms. The first-order chi connectivity index (χ1) is 25.8. The van der Waals surface area contributed by atoms with Gasteiger partial charge in [-0.25, -0.2) is 0 Å². The van der Waals surface area contributed by atoms with E-state index >= 15 is 0 Å². The third-order valence-corrected chi connectivity index (χ3v) is 13.0. The van der Waals surface area contributed by atoms with Crippen LogP contribution in [0.1, 0.15) is 22.3 Å². The van der Waals surface area contributed by atoms with Gasteiger partial charge >= 0.3 is 0 Å². The lowest BCUT2D eigenvalue weighted by Crippen LogP contribution is -2.25. The first-order valence-corrected chi connectivity index (χ1v) is 18.9. The van der Waals surface area contributed by atoms with Gasteiger partial charge in [0.25, 0.3) is 0 Å². The Balaban J connectivity index is 1.21. The van der Waals surface area contributed by atoms with Gasteiger partial charge in [-0.3, -0.25) is 0 Å². The smallest absolute Gasteiger partial charge is 0.0725 e. The Morgan fingerprint density at radius 3 is 1.46 bits per heavy atom. The molecule has 1 spiro atoms. The van der Waals surface area contributed by atoms with Crippen molar-refractivity contribution in [3.05, 3.63) is 204 Å². The SMILES string of the molecule is c1ccc(-c2c3ccccc3c(-c3ccc4c(c3)C3(c5ccccc5-4)c4ccccc4-c4cc5sc6ccccc6c5cc43)c3ccccc23)cc1. The molecular formula is C51H30S. The second-order valence-electron chi connectivity index (χ2n) is 14.3. The summed E-state index contributed by atoms with van der Waals surface area (Å²) in [6, 6.07) is 68.5. The molecule has 1 atom stereocenters. The van der Waals surface area contributed by atoms with Crippen LogP contribution in [0.3, 0.4) is 0 Å². The van der Waals surface area contributed by atoms with Gasteiger partial charge < -0.3 is 0 Å². The molecule has 240 valence electrons. The van der Waals surface area contributed by atoms with Gasteiger partial charge in [-0.2, -0.15) is 0 Å². The number of hydrogen-bond acceptors (Lipinski definition) is 1. The Hall–Kier alpha value is -6.28. The van der Waals surface area contributed by atoms with Crippen molar-refractivity contribution in [2.24, 2.45) is 0 Å². The number of thiophene rings is 1. The maximum absolute atomic E-state index is 2.55. The summed E-state index contributed by atoms with van der Waals surface area (Å²) in [4.78, 5) is 0. The molecular weight excluding hydrogens is 645 g/mol. The van der Waals surface area contributed by atoms with Gasteiger partial charge in [-0.1, -0.05) is 158 Å². The van der Waals surface area contributed by atoms with E-state index < -0.39 is 5.41 Å². The average molecular weight is 675 g/mol. The fourth-order valence-electron chi connectivity index (χ4n) is 9.87. The molecule has 10 aromatic rings. The third kappa shape index (κ3) is 3.56. The number of rotatable bonds is 2. The topological polar surface area (TPSA) is 0 Å². The second kappa shape index (κ2) is 10.4. The molecule has 9 aromatic carbocycles. The van der Waals surface area contributed by atoms with Gasteiger partial charge in [0.15, 0.2) is 0 Å². The van der Waals surface area contributed by atoms with Crippen molar-refractivity contribution >= 4 is 53.1 Å². The molecule has 0 fully saturated rings. The van der Waals surface area contributed by atoms with E-state index in [2.05, 4.69) is 182 Å². The van der Waals surface area contributed by atoms with Gasteiger partial charge in [0.05, 0.1) is 5.41 Å². The highest BCUT2D eigenvalue weighted by molar-refractivity contribution is 7.25. The molecule has 2 aliphatic rings. The molecule has 12 rings (SSSR count). The van der Waals surface area contributed by atoms with Crippen LogP contribution < -0.4 is 0 Å². The van der Waals surface area contributed by atoms with Crippen LogP contribution >= 0.6 is 11.3 Å². The van der Waals surface area contributed by atoms with Crippen molar-refractivity contribution < 1.29 is 0 Å². The van der Waals surface area contributed by atoms with Crippen LogP contribution in [0.5, 0.6) is 0 Å². The standard InChI is InChI=1S/C51H30S/c1-2-14-31(15-3-1)49-37-19-4-6-21-39(37)50(40-22-7-5-20-38(40)49)32-26-27-35-33-16-8-11-23-43(33)51(45(35)28-32)44-24-12-9-17-34(44)41-30-48-42(29-46(41)51)36-18-10-13-25-47(36)52-48/h1-30H. The highest BCUT2D eigenvalue weighted by Gasteiger charge is 2.52. The average Bonchev–Trinajstić information content (AvgIpc) is 3.82. The first-order valence-electron chi connectivity index (χ1n) is 18.1. The minimum atomic E-state index is -0.430. The molecule has 1 heterocycles. The number of fused-ring (bicyclic) bond motifs is 15. The Morgan fingerprint density at radius 1 is 0.288 bits per heavy atom. The van der Waals surface area contributed by atoms with E-state index in [-0.39, 0.29) is 0 Å². The Labute approximate surface area is 305 Å². The Bertz CT molecular complexity index is 3070. The Morgan fingerprint density at radius 2 is 0.788 bits per heavy atom. The van der Waals surface area contributed by atoms with E-state index in [0.717, 1.165) is 0 Å². The molecule has 1 heteroatoms. The van der Waals surface area contributed by atoms with Crippen molar-refractivity contribution in [1.29, 1.82) is 0 Å². The number of hydrogen-bond donors (Lipinski definition) is 0. The van der Waals surface area contributed by atoms with Crippen LogP contribution in [-0.4, -0.2) is 0 Å². The molecule has 0 aliphatic heterocycles. The van der Waals surface area contributed by atoms with Crippen LogP contribution in [0, 0.1) is 0 Å². The van der Waals surface area contributed by atoms with Crippen LogP contribution in [-0.2, 0) is 5.41 Å². The maximum atomic E-state index is 2.55. The van der Waals surface area contributed by atoms with Gasteiger partial charge in [0.2, 0.25) is 0 Å². The monoisotopic (exact) mass is 674 g/mol. The van der Waals surface area contributed by atoms with E-state index in [1.165, 1.54) is 108 Å². The molecule has 2 aliphatic carbocycles. The van der Waals surface area contributed by atoms with Crippen molar-refractivity contribution in [3.63, 3.8) is 0 Å². The molecule has 52 heavy (non-hydrogen) atoms. The summed E-state index contributed by atoms with van der Waals surface area (Å²) in [5.74, 6) is 0. The quantitative estimate of drug-likeness (QED) is 0.160. The summed E-state index contributed by atoms with van der Waals surface area (Å²) >= 11 is 1.91. The molecule has 0 N–H and O–H groups in total. The largest absolute Gasteiger partial charge is 0.135 e. The van der Waals surface area contributed by atoms with E-state index in [0.29, 0.717) is 0 Å². The minimum absolute atomic E-state index is 0.430. The van der Waals surface area contributed by atoms with Crippen molar-refractivity contribution in [2.45, 2.75) is 5.41 Å². The summed E-state index contributed by atoms with van der Waals surface area (Å²) in [6.07, 6.45) is 0. The van der Waals surface area contributed by atoms with Gasteiger partial charge in [-0.15, -0.1) is 11.3 Å². The molecule has 1 unspecified atom stereocenters. The summed E-state index contributed by atoms with van der Waals surface area (Å²) in [6.45, 7) is 0. The lowest BCUT2D eigenvalue weighted by atomic mass is 9.70. The Kier molecular flexibility index (Phi) is 5.68. The number of benzene rings is 9. The highest BCUT2D eigenvalue weighted by Crippen LogP contribution is 2.64. The van der Waals surface area contributed by atoms with Gasteiger partial charge in [0.1, 0.15) is 0 Å². The summed E-state index contributed by atoms with van der Waals surface area (Å²) in [5.41, 5.74) is 15.5. The van der Waals surface area contributed by atoms with Crippen LogP contribution in [0.25, 0.3) is 86.2 Å².